The van der Waals surface area contributed by atoms with Gasteiger partial charge < -0.3 is 11.5 Å². The van der Waals surface area contributed by atoms with Crippen molar-refractivity contribution in [3.8, 4) is 0 Å². The zero-order valence-corrected chi connectivity index (χ0v) is 3.63. The fourth-order valence-corrected chi connectivity index (χ4v) is 0. The maximum atomic E-state index is 4.90. The predicted molar refractivity (Wildman–Crippen MR) is 18.1 cm³/mol. The van der Waals surface area contributed by atoms with Crippen LogP contribution in [0.1, 0.15) is 0 Å². The van der Waals surface area contributed by atoms with Gasteiger partial charge >= 0.3 is 0 Å². The maximum Gasteiger partial charge on any atom is 0.00461 e. The van der Waals surface area contributed by atoms with Gasteiger partial charge in [0, 0.05) is 50.8 Å². The number of hydrogen-bond acceptors (Lipinski definition) is 2. The monoisotopic (exact) mass is 100 g/mol. The minimum Gasteiger partial charge on any atom is -0.329 e. The van der Waals surface area contributed by atoms with E-state index in [2.05, 4.69) is 0 Å². The first-order valence-electron chi connectivity index (χ1n) is 1.32. The Morgan fingerprint density at radius 3 is 1.20 bits per heavy atom. The van der Waals surface area contributed by atoms with Crippen LogP contribution in [-0.4, -0.2) is 13.1 Å². The Morgan fingerprint density at radius 1 is 1.00 bits per heavy atom. The Bertz CT molecular complexity index is 9.61. The number of rotatable bonds is 1. The molecular formula is C2H8ArN2. The molecule has 0 unspecified atom stereocenters. The summed E-state index contributed by atoms with van der Waals surface area (Å²) in [6, 6.07) is 0. The fraction of sp³-hybridized carbons (Fsp3) is 1.00. The van der Waals surface area contributed by atoms with Crippen molar-refractivity contribution in [2.24, 2.45) is 11.5 Å². The molecule has 5 heavy (non-hydrogen) atoms. The Morgan fingerprint density at radius 2 is 1.20 bits per heavy atom. The van der Waals surface area contributed by atoms with E-state index in [-0.39, 0.29) is 37.7 Å². The molecule has 0 saturated heterocycles. The van der Waals surface area contributed by atoms with Crippen LogP contribution in [-0.2, 0) is 0 Å². The summed E-state index contributed by atoms with van der Waals surface area (Å²) in [5.74, 6) is 0. The van der Waals surface area contributed by atoms with E-state index in [1.165, 1.54) is 0 Å². The van der Waals surface area contributed by atoms with Crippen LogP contribution in [0, 0.1) is 37.7 Å². The maximum absolute atomic E-state index is 4.90. The van der Waals surface area contributed by atoms with Crippen molar-refractivity contribution in [3.63, 3.8) is 0 Å². The molecule has 0 amide bonds. The van der Waals surface area contributed by atoms with E-state index in [9.17, 15) is 0 Å². The van der Waals surface area contributed by atoms with Crippen LogP contribution < -0.4 is 11.5 Å². The van der Waals surface area contributed by atoms with Gasteiger partial charge in [0.1, 0.15) is 0 Å². The van der Waals surface area contributed by atoms with Gasteiger partial charge in [-0.1, -0.05) is 0 Å². The topological polar surface area (TPSA) is 52.0 Å². The van der Waals surface area contributed by atoms with Crippen molar-refractivity contribution in [1.82, 2.24) is 0 Å². The standard InChI is InChI=1S/C2H8N2.Ar/c3-1-2-4;/h1-4H2;. The van der Waals surface area contributed by atoms with Crippen LogP contribution in [0.25, 0.3) is 0 Å². The molecule has 0 bridgehead atoms. The largest absolute Gasteiger partial charge is 0.329 e. The summed E-state index contributed by atoms with van der Waals surface area (Å²) >= 11 is 0. The Balaban J connectivity index is 0. The molecule has 0 aromatic heterocycles. The first kappa shape index (κ1) is 9.49. The average Bonchev–Trinajstić information content (AvgIpc) is 1.37. The fourth-order valence-electron chi connectivity index (χ4n) is 0. The minimum absolute atomic E-state index is 0. The first-order chi connectivity index (χ1) is 1.91. The van der Waals surface area contributed by atoms with Crippen LogP contribution in [0.5, 0.6) is 0 Å². The van der Waals surface area contributed by atoms with E-state index < -0.39 is 0 Å². The predicted octanol–water partition coefficient (Wildman–Crippen LogP) is -1.10. The first-order valence-corrected chi connectivity index (χ1v) is 1.32. The molecule has 0 radical (unpaired) electrons. The van der Waals surface area contributed by atoms with Crippen molar-refractivity contribution in [2.45, 2.75) is 0 Å². The molecule has 34 valence electrons. The molecule has 0 saturated carbocycles. The molecule has 0 fully saturated rings. The van der Waals surface area contributed by atoms with Crippen molar-refractivity contribution in [1.29, 1.82) is 0 Å². The van der Waals surface area contributed by atoms with Crippen molar-refractivity contribution in [2.75, 3.05) is 13.1 Å². The van der Waals surface area contributed by atoms with Crippen LogP contribution >= 0.6 is 0 Å². The number of nitrogens with two attached hydrogens (primary N) is 2. The third-order valence-electron chi connectivity index (χ3n) is 0.167. The minimum atomic E-state index is 0. The second-order valence-electron chi connectivity index (χ2n) is 0.577. The van der Waals surface area contributed by atoms with Gasteiger partial charge in [0.15, 0.2) is 0 Å². The molecule has 0 atom stereocenters. The Hall–Kier alpha value is 1.18. The van der Waals surface area contributed by atoms with Crippen molar-refractivity contribution in [3.05, 3.63) is 0 Å². The molecule has 0 aromatic rings. The smallest absolute Gasteiger partial charge is 0.00461 e. The van der Waals surface area contributed by atoms with Crippen molar-refractivity contribution >= 4 is 0 Å². The van der Waals surface area contributed by atoms with E-state index in [0.717, 1.165) is 0 Å². The van der Waals surface area contributed by atoms with E-state index in [1.54, 1.807) is 0 Å². The Labute approximate surface area is 61.9 Å². The van der Waals surface area contributed by atoms with Crippen LogP contribution in [0.2, 0.25) is 0 Å². The summed E-state index contributed by atoms with van der Waals surface area (Å²) in [5, 5.41) is 0. The molecular weight excluding hydrogens is 92.0 g/mol. The van der Waals surface area contributed by atoms with Gasteiger partial charge in [0.2, 0.25) is 0 Å². The van der Waals surface area contributed by atoms with E-state index in [4.69, 9.17) is 11.5 Å². The molecule has 0 heterocycles. The van der Waals surface area contributed by atoms with Gasteiger partial charge in [0.25, 0.3) is 0 Å². The average molecular weight is 100 g/mol. The van der Waals surface area contributed by atoms with Crippen LogP contribution in [0.4, 0.5) is 0 Å². The quantitative estimate of drug-likeness (QED) is 0.439. The molecule has 4 N–H and O–H groups in total. The van der Waals surface area contributed by atoms with E-state index >= 15 is 0 Å². The van der Waals surface area contributed by atoms with Gasteiger partial charge in [-0.15, -0.1) is 0 Å². The molecule has 0 aliphatic rings. The zero-order chi connectivity index (χ0) is 3.41. The van der Waals surface area contributed by atoms with Gasteiger partial charge in [-0.3, -0.25) is 0 Å². The van der Waals surface area contributed by atoms with Gasteiger partial charge in [-0.25, -0.2) is 0 Å². The Kier molecular flexibility index (Phi) is 17.0. The summed E-state index contributed by atoms with van der Waals surface area (Å²) in [5.41, 5.74) is 9.81. The summed E-state index contributed by atoms with van der Waals surface area (Å²) in [6.45, 7) is 1.19. The van der Waals surface area contributed by atoms with E-state index in [1.807, 2.05) is 0 Å². The van der Waals surface area contributed by atoms with Crippen molar-refractivity contribution < 1.29 is 37.7 Å². The summed E-state index contributed by atoms with van der Waals surface area (Å²) < 4.78 is 0. The molecule has 3 heteroatoms. The molecule has 2 nitrogen and oxygen atoms in total. The summed E-state index contributed by atoms with van der Waals surface area (Å²) in [4.78, 5) is 0. The van der Waals surface area contributed by atoms with Crippen LogP contribution in [0.3, 0.4) is 0 Å². The zero-order valence-electron chi connectivity index (χ0n) is 2.92. The third kappa shape index (κ3) is 11.0. The third-order valence-corrected chi connectivity index (χ3v) is 0.167. The molecule has 0 aromatic carbocycles. The second kappa shape index (κ2) is 8.95. The molecule has 0 spiro atoms. The van der Waals surface area contributed by atoms with Gasteiger partial charge in [-0.05, 0) is 0 Å². The van der Waals surface area contributed by atoms with Gasteiger partial charge in [0.05, 0.1) is 0 Å². The summed E-state index contributed by atoms with van der Waals surface area (Å²) in [6.07, 6.45) is 0. The SMILES string of the molecule is NCCN.[Ar]. The molecule has 0 aliphatic heterocycles. The molecule has 0 aliphatic carbocycles. The second-order valence-corrected chi connectivity index (χ2v) is 0.577. The van der Waals surface area contributed by atoms with Crippen LogP contribution in [0.15, 0.2) is 0 Å². The number of hydrogen-bond donors (Lipinski definition) is 2. The summed E-state index contributed by atoms with van der Waals surface area (Å²) in [7, 11) is 0. The normalized spacial score (nSPS) is 6.00. The van der Waals surface area contributed by atoms with Gasteiger partial charge in [-0.2, -0.15) is 0 Å². The molecule has 0 rings (SSSR count). The van der Waals surface area contributed by atoms with E-state index in [0.29, 0.717) is 13.1 Å².